The van der Waals surface area contributed by atoms with Crippen molar-refractivity contribution in [1.29, 1.82) is 0 Å². The zero-order chi connectivity index (χ0) is 18.7. The van der Waals surface area contributed by atoms with Gasteiger partial charge in [-0.05, 0) is 37.5 Å². The van der Waals surface area contributed by atoms with Gasteiger partial charge in [-0.2, -0.15) is 0 Å². The highest BCUT2D eigenvalue weighted by atomic mass is 19.1. The fraction of sp³-hybridized carbons (Fsp3) is 0.632. The number of hydrogen-bond donors (Lipinski definition) is 3. The van der Waals surface area contributed by atoms with E-state index >= 15 is 0 Å². The van der Waals surface area contributed by atoms with Crippen molar-refractivity contribution < 1.29 is 14.2 Å². The first kappa shape index (κ1) is 21.2. The first-order valence-electron chi connectivity index (χ1n) is 9.05. The summed E-state index contributed by atoms with van der Waals surface area (Å²) in [5, 5.41) is 17.1. The molecular weight excluding hydrogens is 321 g/mol. The normalized spacial score (nSPS) is 12.2. The summed E-state index contributed by atoms with van der Waals surface area (Å²) >= 11 is 0. The van der Waals surface area contributed by atoms with E-state index in [2.05, 4.69) is 29.5 Å². The molecular formula is C19H32FN3O2. The van der Waals surface area contributed by atoms with Gasteiger partial charge in [0, 0.05) is 13.1 Å². The highest BCUT2D eigenvalue weighted by Crippen LogP contribution is 2.19. The van der Waals surface area contributed by atoms with Crippen LogP contribution in [-0.4, -0.2) is 36.9 Å². The molecule has 3 N–H and O–H groups in total. The Morgan fingerprint density at radius 1 is 1.20 bits per heavy atom. The first-order chi connectivity index (χ1) is 12.0. The Labute approximate surface area is 150 Å². The number of nitrogens with one attached hydrogen (secondary N) is 2. The van der Waals surface area contributed by atoms with E-state index in [1.54, 1.807) is 12.1 Å². The van der Waals surface area contributed by atoms with Crippen LogP contribution in [0.2, 0.25) is 0 Å². The molecule has 0 saturated heterocycles. The Morgan fingerprint density at radius 3 is 2.40 bits per heavy atom. The van der Waals surface area contributed by atoms with Gasteiger partial charge >= 0.3 is 0 Å². The van der Waals surface area contributed by atoms with Crippen LogP contribution in [0.4, 0.5) is 4.39 Å². The fourth-order valence-corrected chi connectivity index (χ4v) is 2.80. The monoisotopic (exact) mass is 353 g/mol. The summed E-state index contributed by atoms with van der Waals surface area (Å²) in [4.78, 5) is 4.48. The minimum atomic E-state index is -0.730. The number of halogens is 1. The van der Waals surface area contributed by atoms with Crippen molar-refractivity contribution >= 4 is 5.96 Å². The molecule has 0 aliphatic carbocycles. The second kappa shape index (κ2) is 10.9. The molecule has 142 valence electrons. The number of ether oxygens (including phenoxy) is 1. The summed E-state index contributed by atoms with van der Waals surface area (Å²) in [6.45, 7) is 7.61. The summed E-state index contributed by atoms with van der Waals surface area (Å²) in [5.74, 6) is 0.444. The van der Waals surface area contributed by atoms with Crippen molar-refractivity contribution in [2.75, 3.05) is 20.2 Å². The summed E-state index contributed by atoms with van der Waals surface area (Å²) in [5.41, 5.74) is 0.0271. The van der Waals surface area contributed by atoms with Crippen LogP contribution in [0.5, 0.6) is 5.75 Å². The Kier molecular flexibility index (Phi) is 9.27. The van der Waals surface area contributed by atoms with Gasteiger partial charge in [-0.25, -0.2) is 9.38 Å². The number of nitrogens with zero attached hydrogens (tertiary/aromatic N) is 1. The number of guanidine groups is 1. The number of aliphatic hydroxyl groups is 1. The third-order valence-electron chi connectivity index (χ3n) is 4.00. The van der Waals surface area contributed by atoms with Crippen LogP contribution < -0.4 is 15.4 Å². The molecule has 0 heterocycles. The van der Waals surface area contributed by atoms with Crippen LogP contribution in [-0.2, 0) is 6.54 Å². The number of benzene rings is 1. The number of aliphatic imine (C=N–C) groups is 1. The van der Waals surface area contributed by atoms with E-state index in [0.717, 1.165) is 31.2 Å². The van der Waals surface area contributed by atoms with Crippen molar-refractivity contribution in [3.05, 3.63) is 29.6 Å². The number of methoxy groups -OCH3 is 1. The molecule has 5 nitrogen and oxygen atoms in total. The van der Waals surface area contributed by atoms with Gasteiger partial charge in [-0.3, -0.25) is 0 Å². The van der Waals surface area contributed by atoms with Crippen molar-refractivity contribution in [1.82, 2.24) is 10.6 Å². The summed E-state index contributed by atoms with van der Waals surface area (Å²) < 4.78 is 18.7. The van der Waals surface area contributed by atoms with E-state index < -0.39 is 11.4 Å². The SMILES string of the molecule is CCCC(O)(CCC)CNC(=NCc1ccc(OC)c(F)c1)NCC. The molecule has 25 heavy (non-hydrogen) atoms. The van der Waals surface area contributed by atoms with Gasteiger partial charge in [0.25, 0.3) is 0 Å². The zero-order valence-corrected chi connectivity index (χ0v) is 15.9. The maximum atomic E-state index is 13.8. The summed E-state index contributed by atoms with van der Waals surface area (Å²) in [7, 11) is 1.44. The molecule has 0 aromatic heterocycles. The average Bonchev–Trinajstić information content (AvgIpc) is 2.58. The highest BCUT2D eigenvalue weighted by molar-refractivity contribution is 5.79. The maximum absolute atomic E-state index is 13.8. The van der Waals surface area contributed by atoms with Crippen molar-refractivity contribution in [2.24, 2.45) is 4.99 Å². The molecule has 0 saturated carbocycles. The molecule has 0 atom stereocenters. The second-order valence-corrected chi connectivity index (χ2v) is 6.24. The van der Waals surface area contributed by atoms with Gasteiger partial charge in [0.1, 0.15) is 0 Å². The molecule has 0 aliphatic rings. The van der Waals surface area contributed by atoms with Crippen molar-refractivity contribution in [3.63, 3.8) is 0 Å². The molecule has 6 heteroatoms. The topological polar surface area (TPSA) is 65.9 Å². The van der Waals surface area contributed by atoms with Gasteiger partial charge < -0.3 is 20.5 Å². The minimum Gasteiger partial charge on any atom is -0.494 e. The Morgan fingerprint density at radius 2 is 1.88 bits per heavy atom. The quantitative estimate of drug-likeness (QED) is 0.446. The summed E-state index contributed by atoms with van der Waals surface area (Å²) in [6, 6.07) is 4.82. The van der Waals surface area contributed by atoms with Crippen LogP contribution in [0.1, 0.15) is 52.0 Å². The van der Waals surface area contributed by atoms with Gasteiger partial charge in [-0.15, -0.1) is 0 Å². The lowest BCUT2D eigenvalue weighted by molar-refractivity contribution is 0.0257. The maximum Gasteiger partial charge on any atom is 0.191 e. The smallest absolute Gasteiger partial charge is 0.191 e. The highest BCUT2D eigenvalue weighted by Gasteiger charge is 2.24. The molecule has 0 spiro atoms. The third-order valence-corrected chi connectivity index (χ3v) is 4.00. The Bertz CT molecular complexity index is 543. The molecule has 1 rings (SSSR count). The lowest BCUT2D eigenvalue weighted by Crippen LogP contribution is -2.47. The minimum absolute atomic E-state index is 0.224. The van der Waals surface area contributed by atoms with E-state index in [9.17, 15) is 9.50 Å². The number of rotatable bonds is 10. The molecule has 1 aromatic rings. The molecule has 0 radical (unpaired) electrons. The van der Waals surface area contributed by atoms with Gasteiger partial charge in [-0.1, -0.05) is 32.8 Å². The Hall–Kier alpha value is -1.82. The third kappa shape index (κ3) is 7.30. The number of hydrogen-bond acceptors (Lipinski definition) is 3. The second-order valence-electron chi connectivity index (χ2n) is 6.24. The molecule has 0 aliphatic heterocycles. The van der Waals surface area contributed by atoms with Crippen LogP contribution >= 0.6 is 0 Å². The summed E-state index contributed by atoms with van der Waals surface area (Å²) in [6.07, 6.45) is 3.35. The molecule has 0 fully saturated rings. The predicted molar refractivity (Wildman–Crippen MR) is 101 cm³/mol. The van der Waals surface area contributed by atoms with Crippen molar-refractivity contribution in [3.8, 4) is 5.75 Å². The standard InChI is InChI=1S/C19H32FN3O2/c1-5-10-19(24,11-6-2)14-23-18(21-7-3)22-13-15-8-9-17(25-4)16(20)12-15/h8-9,12,24H,5-7,10-11,13-14H2,1-4H3,(H2,21,22,23). The predicted octanol–water partition coefficient (Wildman–Crippen LogP) is 3.22. The van der Waals surface area contributed by atoms with Crippen LogP contribution in [0.25, 0.3) is 0 Å². The van der Waals surface area contributed by atoms with Crippen LogP contribution in [0.15, 0.2) is 23.2 Å². The van der Waals surface area contributed by atoms with Crippen LogP contribution in [0.3, 0.4) is 0 Å². The van der Waals surface area contributed by atoms with E-state index in [1.165, 1.54) is 13.2 Å². The lowest BCUT2D eigenvalue weighted by atomic mass is 9.93. The van der Waals surface area contributed by atoms with E-state index in [4.69, 9.17) is 4.74 Å². The lowest BCUT2D eigenvalue weighted by Gasteiger charge is -2.28. The van der Waals surface area contributed by atoms with Gasteiger partial charge in [0.15, 0.2) is 17.5 Å². The fourth-order valence-electron chi connectivity index (χ4n) is 2.80. The first-order valence-corrected chi connectivity index (χ1v) is 9.05. The van der Waals surface area contributed by atoms with E-state index in [1.807, 2.05) is 6.92 Å². The van der Waals surface area contributed by atoms with Crippen molar-refractivity contribution in [2.45, 2.75) is 58.6 Å². The molecule has 0 bridgehead atoms. The van der Waals surface area contributed by atoms with E-state index in [-0.39, 0.29) is 5.75 Å². The zero-order valence-electron chi connectivity index (χ0n) is 15.9. The van der Waals surface area contributed by atoms with Gasteiger partial charge in [0.2, 0.25) is 0 Å². The van der Waals surface area contributed by atoms with Gasteiger partial charge in [0.05, 0.1) is 19.3 Å². The largest absolute Gasteiger partial charge is 0.494 e. The molecule has 0 unspecified atom stereocenters. The molecule has 0 amide bonds. The molecule has 1 aromatic carbocycles. The van der Waals surface area contributed by atoms with E-state index in [0.29, 0.717) is 25.6 Å². The van der Waals surface area contributed by atoms with Crippen LogP contribution in [0, 0.1) is 5.82 Å². The average molecular weight is 353 g/mol. The Balaban J connectivity index is 2.74.